The van der Waals surface area contributed by atoms with Gasteiger partial charge in [0.15, 0.2) is 5.76 Å². The summed E-state index contributed by atoms with van der Waals surface area (Å²) in [5.74, 6) is 1.40. The normalized spacial score (nSPS) is 17.4. The highest BCUT2D eigenvalue weighted by atomic mass is 16.5. The molecule has 122 valence electrons. The Morgan fingerprint density at radius 1 is 1.33 bits per heavy atom. The number of hydrogen-bond donors (Lipinski definition) is 0. The molecule has 0 N–H and O–H groups in total. The molecule has 1 aliphatic heterocycles. The molecule has 0 aromatic carbocycles. The molecule has 3 aromatic rings. The fraction of sp³-hybridized carbons (Fsp3) is 0.294. The quantitative estimate of drug-likeness (QED) is 0.740. The van der Waals surface area contributed by atoms with Crippen molar-refractivity contribution in [3.63, 3.8) is 0 Å². The lowest BCUT2D eigenvalue weighted by atomic mass is 10.1. The van der Waals surface area contributed by atoms with Gasteiger partial charge in [-0.15, -0.1) is 0 Å². The molecule has 4 heterocycles. The molecule has 7 nitrogen and oxygen atoms in total. The van der Waals surface area contributed by atoms with Crippen LogP contribution in [0.1, 0.15) is 40.7 Å². The molecule has 1 amide bonds. The first-order chi connectivity index (χ1) is 11.7. The number of nitrogens with zero attached hydrogens (tertiary/aromatic N) is 5. The summed E-state index contributed by atoms with van der Waals surface area (Å²) in [5.41, 5.74) is 1.44. The second-order valence-electron chi connectivity index (χ2n) is 5.90. The first-order valence-electron chi connectivity index (χ1n) is 7.91. The summed E-state index contributed by atoms with van der Waals surface area (Å²) in [4.78, 5) is 23.1. The molecule has 1 atom stereocenters. The number of pyridine rings is 1. The third-order valence-corrected chi connectivity index (χ3v) is 4.25. The fourth-order valence-corrected chi connectivity index (χ4v) is 3.10. The number of carbonyl (C=O) groups is 1. The Hall–Kier alpha value is -2.96. The molecular weight excluding hydrogens is 306 g/mol. The highest BCUT2D eigenvalue weighted by Gasteiger charge is 2.33. The largest absolute Gasteiger partial charge is 0.359 e. The molecule has 1 aliphatic rings. The number of carbonyl (C=O) groups excluding carboxylic acids is 1. The number of imidazole rings is 1. The monoisotopic (exact) mass is 323 g/mol. The first-order valence-corrected chi connectivity index (χ1v) is 7.91. The summed E-state index contributed by atoms with van der Waals surface area (Å²) >= 11 is 0. The summed E-state index contributed by atoms with van der Waals surface area (Å²) in [5, 5.41) is 3.94. The van der Waals surface area contributed by atoms with Crippen LogP contribution in [0.2, 0.25) is 0 Å². The van der Waals surface area contributed by atoms with Crippen molar-refractivity contribution in [2.75, 3.05) is 6.54 Å². The minimum atomic E-state index is -0.0523. The number of aryl methyl sites for hydroxylation is 1. The second kappa shape index (κ2) is 5.92. The minimum Gasteiger partial charge on any atom is -0.359 e. The van der Waals surface area contributed by atoms with Gasteiger partial charge in [-0.1, -0.05) is 5.16 Å². The van der Waals surface area contributed by atoms with E-state index in [-0.39, 0.29) is 11.9 Å². The third-order valence-electron chi connectivity index (χ3n) is 4.25. The van der Waals surface area contributed by atoms with Crippen molar-refractivity contribution >= 4 is 5.91 Å². The van der Waals surface area contributed by atoms with Crippen LogP contribution in [0.3, 0.4) is 0 Å². The van der Waals surface area contributed by atoms with E-state index in [1.54, 1.807) is 41.6 Å². The summed E-state index contributed by atoms with van der Waals surface area (Å²) in [6.45, 7) is 2.60. The van der Waals surface area contributed by atoms with Gasteiger partial charge in [-0.2, -0.15) is 0 Å². The van der Waals surface area contributed by atoms with Gasteiger partial charge in [0, 0.05) is 36.8 Å². The lowest BCUT2D eigenvalue weighted by Crippen LogP contribution is -2.30. The van der Waals surface area contributed by atoms with E-state index in [4.69, 9.17) is 4.52 Å². The standard InChI is InChI=1S/C17H17N5O2/c1-12-9-15(24-20-12)14-3-2-7-22(14)17(23)13-4-5-19-16(10-13)21-8-6-18-11-21/h4-6,8-11,14H,2-3,7H2,1H3. The van der Waals surface area contributed by atoms with E-state index in [0.717, 1.165) is 24.3 Å². The van der Waals surface area contributed by atoms with Crippen molar-refractivity contribution in [2.24, 2.45) is 0 Å². The molecule has 1 unspecified atom stereocenters. The zero-order valence-electron chi connectivity index (χ0n) is 13.3. The van der Waals surface area contributed by atoms with Gasteiger partial charge < -0.3 is 9.42 Å². The van der Waals surface area contributed by atoms with Crippen molar-refractivity contribution < 1.29 is 9.32 Å². The summed E-state index contributed by atoms with van der Waals surface area (Å²) in [7, 11) is 0. The van der Waals surface area contributed by atoms with Crippen LogP contribution >= 0.6 is 0 Å². The topological polar surface area (TPSA) is 77.0 Å². The maximum atomic E-state index is 13.0. The SMILES string of the molecule is Cc1cc(C2CCCN2C(=O)c2ccnc(-n3ccnc3)c2)on1. The number of hydrogen-bond acceptors (Lipinski definition) is 5. The van der Waals surface area contributed by atoms with Crippen LogP contribution in [0.15, 0.2) is 47.6 Å². The average molecular weight is 323 g/mol. The number of likely N-dealkylation sites (tertiary alicyclic amines) is 1. The Morgan fingerprint density at radius 2 is 2.25 bits per heavy atom. The Bertz CT molecular complexity index is 856. The molecule has 1 fully saturated rings. The van der Waals surface area contributed by atoms with Crippen molar-refractivity contribution in [1.82, 2.24) is 24.6 Å². The zero-order valence-corrected chi connectivity index (χ0v) is 13.3. The van der Waals surface area contributed by atoms with Crippen LogP contribution in [0.4, 0.5) is 0 Å². The van der Waals surface area contributed by atoms with Gasteiger partial charge in [-0.3, -0.25) is 9.36 Å². The van der Waals surface area contributed by atoms with Gasteiger partial charge in [-0.25, -0.2) is 9.97 Å². The smallest absolute Gasteiger partial charge is 0.254 e. The van der Waals surface area contributed by atoms with Gasteiger partial charge in [0.25, 0.3) is 5.91 Å². The van der Waals surface area contributed by atoms with E-state index >= 15 is 0 Å². The van der Waals surface area contributed by atoms with Gasteiger partial charge >= 0.3 is 0 Å². The highest BCUT2D eigenvalue weighted by molar-refractivity contribution is 5.95. The molecule has 0 spiro atoms. The summed E-state index contributed by atoms with van der Waals surface area (Å²) in [6, 6.07) is 5.37. The van der Waals surface area contributed by atoms with Gasteiger partial charge in [-0.05, 0) is 31.9 Å². The lowest BCUT2D eigenvalue weighted by Gasteiger charge is -2.22. The molecule has 3 aromatic heterocycles. The molecule has 7 heteroatoms. The Kier molecular flexibility index (Phi) is 3.60. The third kappa shape index (κ3) is 2.58. The maximum Gasteiger partial charge on any atom is 0.254 e. The molecule has 24 heavy (non-hydrogen) atoms. The van der Waals surface area contributed by atoms with E-state index in [0.29, 0.717) is 17.9 Å². The van der Waals surface area contributed by atoms with Crippen LogP contribution in [0, 0.1) is 6.92 Å². The van der Waals surface area contributed by atoms with Crippen molar-refractivity contribution in [3.05, 3.63) is 60.1 Å². The summed E-state index contributed by atoms with van der Waals surface area (Å²) < 4.78 is 7.15. The minimum absolute atomic E-state index is 0.0182. The first kappa shape index (κ1) is 14.6. The molecule has 0 bridgehead atoms. The van der Waals surface area contributed by atoms with Crippen LogP contribution in [0.5, 0.6) is 0 Å². The fourth-order valence-electron chi connectivity index (χ4n) is 3.10. The number of amides is 1. The zero-order chi connectivity index (χ0) is 16.5. The van der Waals surface area contributed by atoms with E-state index in [1.165, 1.54) is 0 Å². The van der Waals surface area contributed by atoms with Crippen LogP contribution in [-0.2, 0) is 0 Å². The number of aromatic nitrogens is 4. The van der Waals surface area contributed by atoms with Gasteiger partial charge in [0.2, 0.25) is 0 Å². The Morgan fingerprint density at radius 3 is 3.00 bits per heavy atom. The van der Waals surface area contributed by atoms with Crippen LogP contribution in [0.25, 0.3) is 5.82 Å². The van der Waals surface area contributed by atoms with Crippen LogP contribution < -0.4 is 0 Å². The predicted octanol–water partition coefficient (Wildman–Crippen LogP) is 2.54. The van der Waals surface area contributed by atoms with E-state index in [9.17, 15) is 4.79 Å². The second-order valence-corrected chi connectivity index (χ2v) is 5.90. The van der Waals surface area contributed by atoms with E-state index in [1.807, 2.05) is 17.9 Å². The number of rotatable bonds is 3. The lowest BCUT2D eigenvalue weighted by molar-refractivity contribution is 0.0714. The molecule has 0 aliphatic carbocycles. The van der Waals surface area contributed by atoms with Crippen molar-refractivity contribution in [2.45, 2.75) is 25.8 Å². The molecule has 0 saturated carbocycles. The summed E-state index contributed by atoms with van der Waals surface area (Å²) in [6.07, 6.45) is 8.62. The Balaban J connectivity index is 1.62. The molecular formula is C17H17N5O2. The van der Waals surface area contributed by atoms with Gasteiger partial charge in [0.1, 0.15) is 12.1 Å². The van der Waals surface area contributed by atoms with Crippen molar-refractivity contribution in [3.8, 4) is 5.82 Å². The molecule has 0 radical (unpaired) electrons. The van der Waals surface area contributed by atoms with E-state index in [2.05, 4.69) is 15.1 Å². The van der Waals surface area contributed by atoms with Crippen LogP contribution in [-0.4, -0.2) is 37.0 Å². The van der Waals surface area contributed by atoms with Gasteiger partial charge in [0.05, 0.1) is 11.7 Å². The molecule has 1 saturated heterocycles. The molecule has 4 rings (SSSR count). The average Bonchev–Trinajstić information content (AvgIpc) is 3.35. The highest BCUT2D eigenvalue weighted by Crippen LogP contribution is 2.33. The van der Waals surface area contributed by atoms with Crippen molar-refractivity contribution in [1.29, 1.82) is 0 Å². The van der Waals surface area contributed by atoms with E-state index < -0.39 is 0 Å². The predicted molar refractivity (Wildman–Crippen MR) is 85.6 cm³/mol. The Labute approximate surface area is 138 Å². The maximum absolute atomic E-state index is 13.0.